The molecule has 2 aliphatic heterocycles. The van der Waals surface area contributed by atoms with Gasteiger partial charge in [0, 0.05) is 18.1 Å². The zero-order valence-electron chi connectivity index (χ0n) is 12.1. The van der Waals surface area contributed by atoms with Crippen molar-refractivity contribution in [2.45, 2.75) is 25.8 Å². The summed E-state index contributed by atoms with van der Waals surface area (Å²) in [5.41, 5.74) is 1.73. The van der Waals surface area contributed by atoms with Crippen LogP contribution in [0.3, 0.4) is 0 Å². The molecule has 1 aromatic rings. The second-order valence-electron chi connectivity index (χ2n) is 6.17. The average molecular weight is 295 g/mol. The molecule has 0 aliphatic carbocycles. The lowest BCUT2D eigenvalue weighted by atomic mass is 9.78. The Morgan fingerprint density at radius 1 is 1.30 bits per heavy atom. The minimum atomic E-state index is 0.552. The largest absolute Gasteiger partial charge is 0.497 e. The Hall–Kier alpha value is -0.770. The number of ether oxygens (including phenoxy) is 1. The Balaban J connectivity index is 1.67. The molecule has 2 saturated heterocycles. The molecule has 20 heavy (non-hydrogen) atoms. The van der Waals surface area contributed by atoms with Gasteiger partial charge < -0.3 is 10.1 Å². The van der Waals surface area contributed by atoms with Gasteiger partial charge in [0.2, 0.25) is 0 Å². The molecule has 2 heterocycles. The van der Waals surface area contributed by atoms with E-state index in [-0.39, 0.29) is 0 Å². The van der Waals surface area contributed by atoms with Crippen molar-refractivity contribution in [2.75, 3.05) is 33.3 Å². The van der Waals surface area contributed by atoms with E-state index in [1.165, 1.54) is 51.0 Å². The highest BCUT2D eigenvalue weighted by molar-refractivity contribution is 6.31. The molecule has 3 rings (SSSR count). The summed E-state index contributed by atoms with van der Waals surface area (Å²) in [4.78, 5) is 2.55. The minimum Gasteiger partial charge on any atom is -0.497 e. The van der Waals surface area contributed by atoms with E-state index in [1.807, 2.05) is 12.1 Å². The van der Waals surface area contributed by atoms with Crippen LogP contribution in [-0.2, 0) is 6.54 Å². The van der Waals surface area contributed by atoms with Crippen LogP contribution in [0.2, 0.25) is 5.02 Å². The van der Waals surface area contributed by atoms with Crippen LogP contribution in [-0.4, -0.2) is 38.2 Å². The number of benzene rings is 1. The molecule has 0 bridgehead atoms. The van der Waals surface area contributed by atoms with Crippen molar-refractivity contribution in [3.63, 3.8) is 0 Å². The van der Waals surface area contributed by atoms with Crippen molar-refractivity contribution in [1.29, 1.82) is 0 Å². The number of likely N-dealkylation sites (tertiary alicyclic amines) is 1. The van der Waals surface area contributed by atoms with Crippen LogP contribution in [0.4, 0.5) is 0 Å². The molecule has 0 unspecified atom stereocenters. The van der Waals surface area contributed by atoms with E-state index in [9.17, 15) is 0 Å². The molecule has 1 aromatic carbocycles. The fraction of sp³-hybridized carbons (Fsp3) is 0.625. The van der Waals surface area contributed by atoms with Crippen LogP contribution >= 0.6 is 11.6 Å². The lowest BCUT2D eigenvalue weighted by molar-refractivity contribution is 0.194. The normalized spacial score (nSPS) is 22.3. The Bertz CT molecular complexity index is 472. The van der Waals surface area contributed by atoms with Crippen molar-refractivity contribution in [3.8, 4) is 5.75 Å². The summed E-state index contributed by atoms with van der Waals surface area (Å²) in [5.74, 6) is 0.889. The number of piperidine rings is 1. The van der Waals surface area contributed by atoms with Crippen molar-refractivity contribution in [3.05, 3.63) is 28.8 Å². The van der Waals surface area contributed by atoms with Gasteiger partial charge in [-0.15, -0.1) is 0 Å². The van der Waals surface area contributed by atoms with E-state index in [2.05, 4.69) is 16.3 Å². The van der Waals surface area contributed by atoms with E-state index in [4.69, 9.17) is 16.3 Å². The van der Waals surface area contributed by atoms with Crippen molar-refractivity contribution < 1.29 is 4.74 Å². The standard InChI is InChI=1S/C16H23ClN2O/c1-20-14-2-3-15(17)13(10-14)11-19-9-6-16(12-19)4-7-18-8-5-16/h2-3,10,18H,4-9,11-12H2,1H3. The average Bonchev–Trinajstić information content (AvgIpc) is 2.84. The van der Waals surface area contributed by atoms with Crippen LogP contribution in [0.15, 0.2) is 18.2 Å². The van der Waals surface area contributed by atoms with Gasteiger partial charge in [-0.3, -0.25) is 4.90 Å². The molecule has 0 atom stereocenters. The zero-order chi connectivity index (χ0) is 14.0. The molecule has 0 amide bonds. The predicted molar refractivity (Wildman–Crippen MR) is 82.4 cm³/mol. The lowest BCUT2D eigenvalue weighted by Crippen LogP contribution is -2.38. The Kier molecular flexibility index (Phi) is 4.20. The SMILES string of the molecule is COc1ccc(Cl)c(CN2CCC3(CCNCC3)C2)c1. The first-order valence-corrected chi connectivity index (χ1v) is 7.84. The summed E-state index contributed by atoms with van der Waals surface area (Å²) in [6.45, 7) is 5.68. The first-order valence-electron chi connectivity index (χ1n) is 7.46. The van der Waals surface area contributed by atoms with Crippen LogP contribution in [0, 0.1) is 5.41 Å². The monoisotopic (exact) mass is 294 g/mol. The van der Waals surface area contributed by atoms with Gasteiger partial charge in [-0.1, -0.05) is 11.6 Å². The highest BCUT2D eigenvalue weighted by Crippen LogP contribution is 2.39. The van der Waals surface area contributed by atoms with E-state index < -0.39 is 0 Å². The van der Waals surface area contributed by atoms with Crippen LogP contribution < -0.4 is 10.1 Å². The first kappa shape index (κ1) is 14.2. The summed E-state index contributed by atoms with van der Waals surface area (Å²) in [7, 11) is 1.70. The third kappa shape index (κ3) is 2.95. The van der Waals surface area contributed by atoms with Gasteiger partial charge in [0.25, 0.3) is 0 Å². The van der Waals surface area contributed by atoms with Gasteiger partial charge in [0.1, 0.15) is 5.75 Å². The molecular weight excluding hydrogens is 272 g/mol. The molecular formula is C16H23ClN2O. The number of hydrogen-bond donors (Lipinski definition) is 1. The molecule has 0 radical (unpaired) electrons. The van der Waals surface area contributed by atoms with Gasteiger partial charge in [-0.2, -0.15) is 0 Å². The lowest BCUT2D eigenvalue weighted by Gasteiger charge is -2.34. The van der Waals surface area contributed by atoms with Gasteiger partial charge >= 0.3 is 0 Å². The van der Waals surface area contributed by atoms with Crippen molar-refractivity contribution >= 4 is 11.6 Å². The number of hydrogen-bond acceptors (Lipinski definition) is 3. The number of nitrogens with one attached hydrogen (secondary N) is 1. The van der Waals surface area contributed by atoms with Crippen molar-refractivity contribution in [2.24, 2.45) is 5.41 Å². The maximum atomic E-state index is 6.32. The summed E-state index contributed by atoms with van der Waals surface area (Å²) >= 11 is 6.32. The molecule has 2 fully saturated rings. The minimum absolute atomic E-state index is 0.552. The molecule has 0 saturated carbocycles. The zero-order valence-corrected chi connectivity index (χ0v) is 12.9. The summed E-state index contributed by atoms with van der Waals surface area (Å²) in [6, 6.07) is 5.92. The number of nitrogens with zero attached hydrogens (tertiary/aromatic N) is 1. The second kappa shape index (κ2) is 5.92. The van der Waals surface area contributed by atoms with Crippen LogP contribution in [0.25, 0.3) is 0 Å². The molecule has 0 aromatic heterocycles. The Morgan fingerprint density at radius 2 is 2.10 bits per heavy atom. The summed E-state index contributed by atoms with van der Waals surface area (Å²) in [5, 5.41) is 4.31. The van der Waals surface area contributed by atoms with Gasteiger partial charge in [-0.25, -0.2) is 0 Å². The van der Waals surface area contributed by atoms with E-state index >= 15 is 0 Å². The fourth-order valence-electron chi connectivity index (χ4n) is 3.57. The van der Waals surface area contributed by atoms with Gasteiger partial charge in [-0.05, 0) is 68.1 Å². The first-order chi connectivity index (χ1) is 9.71. The van der Waals surface area contributed by atoms with Gasteiger partial charge in [0.15, 0.2) is 0 Å². The molecule has 3 nitrogen and oxygen atoms in total. The maximum absolute atomic E-state index is 6.32. The van der Waals surface area contributed by atoms with E-state index in [1.54, 1.807) is 7.11 Å². The molecule has 1 spiro atoms. The van der Waals surface area contributed by atoms with Crippen LogP contribution in [0.1, 0.15) is 24.8 Å². The summed E-state index contributed by atoms with van der Waals surface area (Å²) < 4.78 is 5.30. The Labute approximate surface area is 126 Å². The maximum Gasteiger partial charge on any atom is 0.119 e. The van der Waals surface area contributed by atoms with E-state index in [0.717, 1.165) is 17.3 Å². The highest BCUT2D eigenvalue weighted by atomic mass is 35.5. The number of halogens is 1. The Morgan fingerprint density at radius 3 is 2.85 bits per heavy atom. The third-order valence-corrected chi connectivity index (χ3v) is 5.20. The molecule has 1 N–H and O–H groups in total. The topological polar surface area (TPSA) is 24.5 Å². The quantitative estimate of drug-likeness (QED) is 0.928. The second-order valence-corrected chi connectivity index (χ2v) is 6.58. The molecule has 4 heteroatoms. The number of methoxy groups -OCH3 is 1. The third-order valence-electron chi connectivity index (χ3n) is 4.83. The number of rotatable bonds is 3. The van der Waals surface area contributed by atoms with E-state index in [0.29, 0.717) is 5.41 Å². The predicted octanol–water partition coefficient (Wildman–Crippen LogP) is 2.92. The van der Waals surface area contributed by atoms with Crippen LogP contribution in [0.5, 0.6) is 5.75 Å². The van der Waals surface area contributed by atoms with Crippen molar-refractivity contribution in [1.82, 2.24) is 10.2 Å². The summed E-state index contributed by atoms with van der Waals surface area (Å²) in [6.07, 6.45) is 3.96. The molecule has 2 aliphatic rings. The molecule has 110 valence electrons. The van der Waals surface area contributed by atoms with Gasteiger partial charge in [0.05, 0.1) is 7.11 Å². The highest BCUT2D eigenvalue weighted by Gasteiger charge is 2.38. The smallest absolute Gasteiger partial charge is 0.119 e. The fourth-order valence-corrected chi connectivity index (χ4v) is 3.75.